The van der Waals surface area contributed by atoms with E-state index in [1.54, 1.807) is 6.20 Å². The number of aromatic nitrogens is 3. The monoisotopic (exact) mass is 434 g/mol. The highest BCUT2D eigenvalue weighted by atomic mass is 32.1. The number of halogens is 2. The Balaban J connectivity index is 1.40. The van der Waals surface area contributed by atoms with E-state index in [1.807, 2.05) is 19.9 Å². The van der Waals surface area contributed by atoms with Crippen LogP contribution in [0.4, 0.5) is 25.5 Å². The number of hydrogen-bond acceptors (Lipinski definition) is 9. The summed E-state index contributed by atoms with van der Waals surface area (Å²) >= 11 is 1.35. The topological polar surface area (TPSA) is 102 Å². The molecule has 2 saturated heterocycles. The van der Waals surface area contributed by atoms with E-state index in [0.29, 0.717) is 32.0 Å². The summed E-state index contributed by atoms with van der Waals surface area (Å²) in [6.07, 6.45) is 1.90. The van der Waals surface area contributed by atoms with Crippen LogP contribution in [0.1, 0.15) is 24.1 Å². The summed E-state index contributed by atoms with van der Waals surface area (Å²) in [5.74, 6) is -1.37. The van der Waals surface area contributed by atoms with Crippen molar-refractivity contribution in [2.45, 2.75) is 44.2 Å². The van der Waals surface area contributed by atoms with E-state index in [-0.39, 0.29) is 19.0 Å². The Kier molecular flexibility index (Phi) is 5.57. The van der Waals surface area contributed by atoms with Gasteiger partial charge in [-0.05, 0) is 31.4 Å². The normalized spacial score (nSPS) is 21.8. The predicted octanol–water partition coefficient (Wildman–Crippen LogP) is 2.35. The molecule has 8 nitrogen and oxygen atoms in total. The Hall–Kier alpha value is -2.42. The zero-order chi connectivity index (χ0) is 21.4. The molecule has 0 radical (unpaired) electrons. The van der Waals surface area contributed by atoms with Gasteiger partial charge in [-0.3, -0.25) is 0 Å². The lowest BCUT2D eigenvalue weighted by molar-refractivity contribution is 0.0208. The third kappa shape index (κ3) is 4.50. The summed E-state index contributed by atoms with van der Waals surface area (Å²) in [7, 11) is 0. The number of anilines is 3. The van der Waals surface area contributed by atoms with Gasteiger partial charge < -0.3 is 20.9 Å². The van der Waals surface area contributed by atoms with Crippen LogP contribution in [-0.2, 0) is 0 Å². The van der Waals surface area contributed by atoms with Crippen molar-refractivity contribution >= 4 is 28.3 Å². The Labute approximate surface area is 177 Å². The van der Waals surface area contributed by atoms with Gasteiger partial charge in [-0.25, -0.2) is 13.8 Å². The molecule has 1 atom stereocenters. The molecular weight excluding hydrogens is 410 g/mol. The summed E-state index contributed by atoms with van der Waals surface area (Å²) in [6, 6.07) is 3.87. The SMILES string of the molecule is Cc1cc(Nc2ncc(C)c(N3CC(CC#N)(NC[C@H]4CC(F)(F)CN4)C3)n2)sn1. The van der Waals surface area contributed by atoms with Crippen LogP contribution in [0.15, 0.2) is 12.3 Å². The van der Waals surface area contributed by atoms with Crippen LogP contribution in [0.25, 0.3) is 0 Å². The van der Waals surface area contributed by atoms with Crippen molar-refractivity contribution < 1.29 is 8.78 Å². The molecule has 2 aliphatic heterocycles. The molecule has 30 heavy (non-hydrogen) atoms. The molecule has 2 aromatic heterocycles. The maximum atomic E-state index is 13.4. The fraction of sp³-hybridized carbons (Fsp3) is 0.579. The van der Waals surface area contributed by atoms with Crippen molar-refractivity contribution in [1.82, 2.24) is 25.0 Å². The molecule has 0 saturated carbocycles. The maximum absolute atomic E-state index is 13.4. The third-order valence-corrected chi connectivity index (χ3v) is 6.23. The highest BCUT2D eigenvalue weighted by Crippen LogP contribution is 2.32. The summed E-state index contributed by atoms with van der Waals surface area (Å²) in [5.41, 5.74) is 1.44. The standard InChI is InChI=1S/C19H24F2N8S/c1-12-7-23-17(26-15-5-13(2)28-30-15)27-16(12)29-10-18(11-29,3-4-22)25-8-14-6-19(20,21)9-24-14/h5,7,14,24-25H,3,6,8-11H2,1-2H3,(H,23,26,27)/t14-/m1/s1. The van der Waals surface area contributed by atoms with E-state index in [1.165, 1.54) is 11.5 Å². The van der Waals surface area contributed by atoms with Gasteiger partial charge in [0, 0.05) is 43.9 Å². The quantitative estimate of drug-likeness (QED) is 0.611. The summed E-state index contributed by atoms with van der Waals surface area (Å²) in [6.45, 7) is 5.16. The number of aryl methyl sites for hydroxylation is 2. The predicted molar refractivity (Wildman–Crippen MR) is 111 cm³/mol. The molecule has 160 valence electrons. The highest BCUT2D eigenvalue weighted by Gasteiger charge is 2.45. The van der Waals surface area contributed by atoms with Crippen LogP contribution in [0.5, 0.6) is 0 Å². The number of nitriles is 1. The minimum absolute atomic E-state index is 0.177. The Morgan fingerprint density at radius 1 is 1.40 bits per heavy atom. The van der Waals surface area contributed by atoms with E-state index in [2.05, 4.69) is 41.3 Å². The molecule has 11 heteroatoms. The Morgan fingerprint density at radius 3 is 2.83 bits per heavy atom. The van der Waals surface area contributed by atoms with Gasteiger partial charge in [0.2, 0.25) is 5.95 Å². The van der Waals surface area contributed by atoms with Crippen molar-refractivity contribution in [3.63, 3.8) is 0 Å². The lowest BCUT2D eigenvalue weighted by Crippen LogP contribution is -2.70. The number of nitrogens with one attached hydrogen (secondary N) is 3. The molecule has 0 aliphatic carbocycles. The van der Waals surface area contributed by atoms with E-state index in [0.717, 1.165) is 22.1 Å². The number of nitrogens with zero attached hydrogens (tertiary/aromatic N) is 5. The maximum Gasteiger partial charge on any atom is 0.261 e. The molecule has 0 unspecified atom stereocenters. The van der Waals surface area contributed by atoms with Gasteiger partial charge in [-0.2, -0.15) is 14.6 Å². The van der Waals surface area contributed by atoms with Gasteiger partial charge in [0.15, 0.2) is 0 Å². The largest absolute Gasteiger partial charge is 0.352 e. The molecule has 2 aromatic rings. The van der Waals surface area contributed by atoms with Crippen LogP contribution in [0.3, 0.4) is 0 Å². The lowest BCUT2D eigenvalue weighted by atomic mass is 9.86. The molecular formula is C19H24F2N8S. The second-order valence-electron chi connectivity index (χ2n) is 8.15. The second kappa shape index (κ2) is 8.02. The molecule has 0 spiro atoms. The molecule has 3 N–H and O–H groups in total. The first-order valence-electron chi connectivity index (χ1n) is 9.80. The Bertz CT molecular complexity index is 950. The van der Waals surface area contributed by atoms with Crippen LogP contribution < -0.4 is 20.9 Å². The van der Waals surface area contributed by atoms with Crippen LogP contribution in [0.2, 0.25) is 0 Å². The molecule has 2 aliphatic rings. The summed E-state index contributed by atoms with van der Waals surface area (Å²) in [5, 5.41) is 19.5. The fourth-order valence-corrected chi connectivity index (χ4v) is 4.56. The molecule has 2 fully saturated rings. The number of alkyl halides is 2. The molecule has 4 rings (SSSR count). The lowest BCUT2D eigenvalue weighted by Gasteiger charge is -2.51. The van der Waals surface area contributed by atoms with Gasteiger partial charge in [-0.15, -0.1) is 0 Å². The zero-order valence-corrected chi connectivity index (χ0v) is 17.7. The van der Waals surface area contributed by atoms with Crippen LogP contribution >= 0.6 is 11.5 Å². The average molecular weight is 435 g/mol. The number of hydrogen-bond donors (Lipinski definition) is 3. The molecule has 0 amide bonds. The zero-order valence-electron chi connectivity index (χ0n) is 16.9. The van der Waals surface area contributed by atoms with Crippen LogP contribution in [-0.4, -0.2) is 58.0 Å². The first-order chi connectivity index (χ1) is 14.3. The van der Waals surface area contributed by atoms with Gasteiger partial charge >= 0.3 is 0 Å². The minimum Gasteiger partial charge on any atom is -0.352 e. The van der Waals surface area contributed by atoms with Gasteiger partial charge in [-0.1, -0.05) is 0 Å². The smallest absolute Gasteiger partial charge is 0.261 e. The van der Waals surface area contributed by atoms with Crippen molar-refractivity contribution in [3.05, 3.63) is 23.5 Å². The van der Waals surface area contributed by atoms with E-state index >= 15 is 0 Å². The second-order valence-corrected chi connectivity index (χ2v) is 8.95. The third-order valence-electron chi connectivity index (χ3n) is 5.43. The average Bonchev–Trinajstić information content (AvgIpc) is 3.23. The first kappa shape index (κ1) is 20.8. The van der Waals surface area contributed by atoms with Crippen molar-refractivity contribution in [2.24, 2.45) is 0 Å². The molecule has 0 bridgehead atoms. The van der Waals surface area contributed by atoms with Crippen molar-refractivity contribution in [3.8, 4) is 6.07 Å². The van der Waals surface area contributed by atoms with Gasteiger partial charge in [0.05, 0.1) is 30.3 Å². The number of rotatable bonds is 7. The van der Waals surface area contributed by atoms with E-state index < -0.39 is 11.5 Å². The van der Waals surface area contributed by atoms with Gasteiger partial charge in [0.25, 0.3) is 5.92 Å². The highest BCUT2D eigenvalue weighted by molar-refractivity contribution is 7.10. The van der Waals surface area contributed by atoms with E-state index in [9.17, 15) is 14.0 Å². The van der Waals surface area contributed by atoms with Crippen molar-refractivity contribution in [1.29, 1.82) is 5.26 Å². The van der Waals surface area contributed by atoms with Crippen LogP contribution in [0, 0.1) is 25.2 Å². The minimum atomic E-state index is -2.65. The summed E-state index contributed by atoms with van der Waals surface area (Å²) < 4.78 is 31.1. The van der Waals surface area contributed by atoms with Gasteiger partial charge in [0.1, 0.15) is 10.8 Å². The summed E-state index contributed by atoms with van der Waals surface area (Å²) in [4.78, 5) is 11.1. The van der Waals surface area contributed by atoms with Crippen molar-refractivity contribution in [2.75, 3.05) is 36.4 Å². The first-order valence-corrected chi connectivity index (χ1v) is 10.6. The van der Waals surface area contributed by atoms with E-state index in [4.69, 9.17) is 0 Å². The Morgan fingerprint density at radius 2 is 2.20 bits per heavy atom. The molecule has 4 heterocycles. The molecule has 0 aromatic carbocycles. The fourth-order valence-electron chi connectivity index (χ4n) is 3.90.